The molecule has 0 aliphatic heterocycles. The normalized spacial score (nSPS) is 23.2. The number of aromatic hydroxyl groups is 1. The van der Waals surface area contributed by atoms with Crippen molar-refractivity contribution in [1.29, 1.82) is 0 Å². The second-order valence-electron chi connectivity index (χ2n) is 4.63. The predicted molar refractivity (Wildman–Crippen MR) is 65.1 cm³/mol. The molecule has 1 saturated carbocycles. The molecular formula is C13H19NO3. The number of hydrogen-bond donors (Lipinski definition) is 3. The van der Waals surface area contributed by atoms with Crippen LogP contribution in [-0.4, -0.2) is 30.0 Å². The Morgan fingerprint density at radius 2 is 2.18 bits per heavy atom. The maximum atomic E-state index is 9.45. The van der Waals surface area contributed by atoms with E-state index in [1.807, 2.05) is 12.1 Å². The minimum absolute atomic E-state index is 0.0874. The average molecular weight is 237 g/mol. The van der Waals surface area contributed by atoms with Crippen LogP contribution in [-0.2, 0) is 6.54 Å². The van der Waals surface area contributed by atoms with Gasteiger partial charge in [0.15, 0.2) is 11.5 Å². The fraction of sp³-hybridized carbons (Fsp3) is 0.538. The third-order valence-corrected chi connectivity index (χ3v) is 3.22. The molecule has 0 unspecified atom stereocenters. The minimum Gasteiger partial charge on any atom is -0.504 e. The van der Waals surface area contributed by atoms with Gasteiger partial charge in [-0.1, -0.05) is 6.07 Å². The fourth-order valence-electron chi connectivity index (χ4n) is 2.12. The molecular weight excluding hydrogens is 218 g/mol. The summed E-state index contributed by atoms with van der Waals surface area (Å²) in [6.45, 7) is 1.68. The third-order valence-electron chi connectivity index (χ3n) is 3.22. The van der Waals surface area contributed by atoms with Crippen molar-refractivity contribution in [1.82, 2.24) is 5.32 Å². The van der Waals surface area contributed by atoms with Gasteiger partial charge in [-0.15, -0.1) is 0 Å². The Hall–Kier alpha value is -1.26. The van der Waals surface area contributed by atoms with Crippen molar-refractivity contribution in [2.75, 3.05) is 13.7 Å². The summed E-state index contributed by atoms with van der Waals surface area (Å²) in [6.07, 6.45) is 1.73. The Balaban J connectivity index is 1.78. The summed E-state index contributed by atoms with van der Waals surface area (Å²) in [4.78, 5) is 0. The van der Waals surface area contributed by atoms with Gasteiger partial charge in [-0.2, -0.15) is 0 Å². The third kappa shape index (κ3) is 3.11. The molecule has 1 aromatic rings. The average Bonchev–Trinajstić information content (AvgIpc) is 2.29. The summed E-state index contributed by atoms with van der Waals surface area (Å²) in [6, 6.07) is 5.35. The van der Waals surface area contributed by atoms with Crippen LogP contribution >= 0.6 is 0 Å². The van der Waals surface area contributed by atoms with Crippen molar-refractivity contribution in [3.05, 3.63) is 23.8 Å². The van der Waals surface area contributed by atoms with E-state index in [1.54, 1.807) is 13.2 Å². The Bertz CT molecular complexity index is 375. The van der Waals surface area contributed by atoms with Gasteiger partial charge in [-0.3, -0.25) is 0 Å². The summed E-state index contributed by atoms with van der Waals surface area (Å²) >= 11 is 0. The molecule has 1 aromatic carbocycles. The van der Waals surface area contributed by atoms with Gasteiger partial charge in [0.25, 0.3) is 0 Å². The molecule has 17 heavy (non-hydrogen) atoms. The van der Waals surface area contributed by atoms with Gasteiger partial charge in [0.2, 0.25) is 0 Å². The lowest BCUT2D eigenvalue weighted by molar-refractivity contribution is 0.0430. The number of aliphatic hydroxyl groups is 1. The van der Waals surface area contributed by atoms with Crippen LogP contribution in [0, 0.1) is 5.92 Å². The van der Waals surface area contributed by atoms with E-state index in [9.17, 15) is 5.11 Å². The zero-order chi connectivity index (χ0) is 12.3. The van der Waals surface area contributed by atoms with Gasteiger partial charge in [0.05, 0.1) is 13.2 Å². The molecule has 1 fully saturated rings. The number of phenols is 1. The van der Waals surface area contributed by atoms with E-state index < -0.39 is 0 Å². The van der Waals surface area contributed by atoms with E-state index in [1.165, 1.54) is 0 Å². The van der Waals surface area contributed by atoms with Gasteiger partial charge in [0.1, 0.15) is 0 Å². The second-order valence-corrected chi connectivity index (χ2v) is 4.63. The molecule has 1 aliphatic rings. The van der Waals surface area contributed by atoms with Crippen molar-refractivity contribution in [2.24, 2.45) is 5.92 Å². The predicted octanol–water partition coefficient (Wildman–Crippen LogP) is 1.26. The molecule has 0 saturated heterocycles. The summed E-state index contributed by atoms with van der Waals surface area (Å²) in [5.41, 5.74) is 1.08. The molecule has 0 bridgehead atoms. The van der Waals surface area contributed by atoms with Gasteiger partial charge >= 0.3 is 0 Å². The van der Waals surface area contributed by atoms with E-state index in [2.05, 4.69) is 5.32 Å². The number of methoxy groups -OCH3 is 1. The van der Waals surface area contributed by atoms with Crippen LogP contribution in [0.3, 0.4) is 0 Å². The highest BCUT2D eigenvalue weighted by atomic mass is 16.5. The molecule has 0 aromatic heterocycles. The van der Waals surface area contributed by atoms with Crippen molar-refractivity contribution >= 4 is 0 Å². The van der Waals surface area contributed by atoms with Crippen LogP contribution in [0.15, 0.2) is 18.2 Å². The molecule has 2 rings (SSSR count). The van der Waals surface area contributed by atoms with Crippen LogP contribution in [0.4, 0.5) is 0 Å². The molecule has 0 atom stereocenters. The topological polar surface area (TPSA) is 61.7 Å². The quantitative estimate of drug-likeness (QED) is 0.721. The zero-order valence-electron chi connectivity index (χ0n) is 10.0. The lowest BCUT2D eigenvalue weighted by atomic mass is 9.82. The maximum absolute atomic E-state index is 9.45. The molecule has 0 spiro atoms. The van der Waals surface area contributed by atoms with Gasteiger partial charge in [-0.25, -0.2) is 0 Å². The Labute approximate surface area is 101 Å². The number of rotatable bonds is 5. The van der Waals surface area contributed by atoms with E-state index in [0.717, 1.165) is 31.5 Å². The molecule has 1 aliphatic carbocycles. The largest absolute Gasteiger partial charge is 0.504 e. The Morgan fingerprint density at radius 3 is 2.82 bits per heavy atom. The number of hydrogen-bond acceptors (Lipinski definition) is 4. The van der Waals surface area contributed by atoms with Crippen molar-refractivity contribution < 1.29 is 14.9 Å². The summed E-state index contributed by atoms with van der Waals surface area (Å²) < 4.78 is 5.05. The number of phenolic OH excluding ortho intramolecular Hbond substituents is 1. The lowest BCUT2D eigenvalue weighted by Gasteiger charge is -2.31. The number of nitrogens with one attached hydrogen (secondary N) is 1. The second kappa shape index (κ2) is 5.38. The highest BCUT2D eigenvalue weighted by Gasteiger charge is 2.26. The molecule has 4 heteroatoms. The summed E-state index contributed by atoms with van der Waals surface area (Å²) in [5.74, 6) is 1.27. The van der Waals surface area contributed by atoms with Gasteiger partial charge < -0.3 is 20.3 Å². The van der Waals surface area contributed by atoms with E-state index in [0.29, 0.717) is 11.7 Å². The molecule has 94 valence electrons. The van der Waals surface area contributed by atoms with Crippen LogP contribution < -0.4 is 10.1 Å². The van der Waals surface area contributed by atoms with E-state index in [-0.39, 0.29) is 11.9 Å². The molecule has 0 heterocycles. The first-order valence-corrected chi connectivity index (χ1v) is 5.93. The summed E-state index contributed by atoms with van der Waals surface area (Å²) in [5, 5.41) is 22.0. The highest BCUT2D eigenvalue weighted by molar-refractivity contribution is 5.41. The van der Waals surface area contributed by atoms with Gasteiger partial charge in [-0.05, 0) is 43.0 Å². The first-order valence-electron chi connectivity index (χ1n) is 5.93. The van der Waals surface area contributed by atoms with Crippen LogP contribution in [0.1, 0.15) is 18.4 Å². The zero-order valence-corrected chi connectivity index (χ0v) is 10.0. The molecule has 0 amide bonds. The van der Waals surface area contributed by atoms with Crippen LogP contribution in [0.2, 0.25) is 0 Å². The van der Waals surface area contributed by atoms with Crippen LogP contribution in [0.5, 0.6) is 11.5 Å². The van der Waals surface area contributed by atoms with Gasteiger partial charge in [0, 0.05) is 6.54 Å². The Kier molecular flexibility index (Phi) is 3.86. The molecule has 4 nitrogen and oxygen atoms in total. The first kappa shape index (κ1) is 12.2. The van der Waals surface area contributed by atoms with Crippen molar-refractivity contribution in [2.45, 2.75) is 25.5 Å². The number of ether oxygens (including phenoxy) is 1. The van der Waals surface area contributed by atoms with E-state index in [4.69, 9.17) is 9.84 Å². The standard InChI is InChI=1S/C13H19NO3/c1-17-13-6-9(2-3-12(13)16)7-14-8-10-4-11(15)5-10/h2-3,6,10-11,14-16H,4-5,7-8H2,1H3. The molecule has 0 radical (unpaired) electrons. The maximum Gasteiger partial charge on any atom is 0.160 e. The minimum atomic E-state index is -0.0874. The number of aliphatic hydroxyl groups excluding tert-OH is 1. The van der Waals surface area contributed by atoms with Crippen molar-refractivity contribution in [3.63, 3.8) is 0 Å². The monoisotopic (exact) mass is 237 g/mol. The SMILES string of the molecule is COc1cc(CNCC2CC(O)C2)ccc1O. The van der Waals surface area contributed by atoms with E-state index >= 15 is 0 Å². The first-order chi connectivity index (χ1) is 8.19. The van der Waals surface area contributed by atoms with Crippen molar-refractivity contribution in [3.8, 4) is 11.5 Å². The smallest absolute Gasteiger partial charge is 0.160 e. The fourth-order valence-corrected chi connectivity index (χ4v) is 2.12. The Morgan fingerprint density at radius 1 is 1.41 bits per heavy atom. The summed E-state index contributed by atoms with van der Waals surface area (Å²) in [7, 11) is 1.54. The highest BCUT2D eigenvalue weighted by Crippen LogP contribution is 2.27. The number of benzene rings is 1. The lowest BCUT2D eigenvalue weighted by Crippen LogP contribution is -2.35. The van der Waals surface area contributed by atoms with Crippen LogP contribution in [0.25, 0.3) is 0 Å². The molecule has 3 N–H and O–H groups in total.